The van der Waals surface area contributed by atoms with Crippen molar-refractivity contribution in [1.82, 2.24) is 15.0 Å². The molecule has 0 spiro atoms. The van der Waals surface area contributed by atoms with E-state index in [9.17, 15) is 0 Å². The molecule has 0 unspecified atom stereocenters. The molecule has 3 heterocycles. The first-order valence-corrected chi connectivity index (χ1v) is 7.71. The van der Waals surface area contributed by atoms with Crippen molar-refractivity contribution in [2.45, 2.75) is 6.42 Å². The van der Waals surface area contributed by atoms with Crippen molar-refractivity contribution < 1.29 is 0 Å². The molecule has 0 aliphatic rings. The number of nitrogens with one attached hydrogen (secondary N) is 2. The molecule has 112 valence electrons. The zero-order valence-electron chi connectivity index (χ0n) is 12.7. The van der Waals surface area contributed by atoms with Crippen LogP contribution in [0.5, 0.6) is 0 Å². The summed E-state index contributed by atoms with van der Waals surface area (Å²) in [6, 6.07) is 22.9. The van der Waals surface area contributed by atoms with Gasteiger partial charge in [0, 0.05) is 30.2 Å². The van der Waals surface area contributed by atoms with Gasteiger partial charge in [0.05, 0.1) is 11.4 Å². The van der Waals surface area contributed by atoms with Crippen LogP contribution in [0.15, 0.2) is 79.1 Å². The van der Waals surface area contributed by atoms with Crippen molar-refractivity contribution in [2.75, 3.05) is 0 Å². The number of rotatable bonds is 4. The van der Waals surface area contributed by atoms with Gasteiger partial charge in [-0.2, -0.15) is 0 Å². The fraction of sp³-hybridized carbons (Fsp3) is 0.0500. The third kappa shape index (κ3) is 2.94. The highest BCUT2D eigenvalue weighted by Crippen LogP contribution is 2.21. The fourth-order valence-electron chi connectivity index (χ4n) is 2.79. The van der Waals surface area contributed by atoms with Crippen LogP contribution in [0, 0.1) is 0 Å². The third-order valence-corrected chi connectivity index (χ3v) is 3.90. The lowest BCUT2D eigenvalue weighted by Crippen LogP contribution is -1.94. The first kappa shape index (κ1) is 13.6. The number of aromatic amines is 2. The maximum atomic E-state index is 4.76. The summed E-state index contributed by atoms with van der Waals surface area (Å²) < 4.78 is 0. The van der Waals surface area contributed by atoms with Crippen LogP contribution >= 0.6 is 0 Å². The Hall–Kier alpha value is -3.07. The maximum absolute atomic E-state index is 4.76. The van der Waals surface area contributed by atoms with Crippen LogP contribution in [-0.4, -0.2) is 15.0 Å². The van der Waals surface area contributed by atoms with Gasteiger partial charge in [-0.15, -0.1) is 0 Å². The summed E-state index contributed by atoms with van der Waals surface area (Å²) >= 11 is 0. The molecule has 1 aromatic carbocycles. The van der Waals surface area contributed by atoms with E-state index in [0.717, 1.165) is 29.2 Å². The molecule has 0 aliphatic heterocycles. The molecular weight excluding hydrogens is 282 g/mol. The Morgan fingerprint density at radius 3 is 2.30 bits per heavy atom. The molecule has 4 aromatic rings. The minimum Gasteiger partial charge on any atom is -0.361 e. The number of H-pyrrole nitrogens is 2. The molecule has 3 nitrogen and oxygen atoms in total. The Morgan fingerprint density at radius 1 is 0.739 bits per heavy atom. The number of pyridine rings is 1. The van der Waals surface area contributed by atoms with E-state index < -0.39 is 0 Å². The second-order valence-corrected chi connectivity index (χ2v) is 5.56. The van der Waals surface area contributed by atoms with Crippen molar-refractivity contribution in [1.29, 1.82) is 0 Å². The Labute approximate surface area is 135 Å². The molecule has 2 N–H and O–H groups in total. The largest absolute Gasteiger partial charge is 0.361 e. The average Bonchev–Trinajstić information content (AvgIpc) is 3.29. The lowest BCUT2D eigenvalue weighted by Gasteiger charge is -2.06. The highest BCUT2D eigenvalue weighted by Gasteiger charge is 2.04. The molecule has 3 heteroatoms. The molecular formula is C20H17N3. The van der Waals surface area contributed by atoms with Gasteiger partial charge in [0.25, 0.3) is 0 Å². The molecule has 3 aromatic heterocycles. The molecule has 0 saturated carbocycles. The van der Waals surface area contributed by atoms with Crippen LogP contribution in [0.25, 0.3) is 22.6 Å². The summed E-state index contributed by atoms with van der Waals surface area (Å²) in [5.41, 5.74) is 6.70. The van der Waals surface area contributed by atoms with E-state index in [4.69, 9.17) is 4.98 Å². The standard InChI is InChI=1S/C20H17N3/c1-5-15(13-16(6-1)18-9-3-11-21-18)14-17-7-2-8-20(23-17)19-10-4-12-22-19/h1-13,21-22H,14H2. The predicted molar refractivity (Wildman–Crippen MR) is 93.1 cm³/mol. The Kier molecular flexibility index (Phi) is 3.53. The number of aromatic nitrogens is 3. The smallest absolute Gasteiger partial charge is 0.0867 e. The van der Waals surface area contributed by atoms with Gasteiger partial charge in [-0.1, -0.05) is 24.3 Å². The third-order valence-electron chi connectivity index (χ3n) is 3.90. The van der Waals surface area contributed by atoms with Gasteiger partial charge in [0.2, 0.25) is 0 Å². The van der Waals surface area contributed by atoms with E-state index in [1.54, 1.807) is 0 Å². The van der Waals surface area contributed by atoms with Crippen molar-refractivity contribution in [3.8, 4) is 22.6 Å². The normalized spacial score (nSPS) is 10.8. The molecule has 0 saturated heterocycles. The quantitative estimate of drug-likeness (QED) is 0.565. The number of nitrogens with zero attached hydrogens (tertiary/aromatic N) is 1. The van der Waals surface area contributed by atoms with Gasteiger partial charge in [-0.3, -0.25) is 4.98 Å². The minimum absolute atomic E-state index is 0.823. The molecule has 0 aliphatic carbocycles. The Morgan fingerprint density at radius 2 is 1.52 bits per heavy atom. The summed E-state index contributed by atoms with van der Waals surface area (Å²) in [6.45, 7) is 0. The van der Waals surface area contributed by atoms with E-state index in [1.165, 1.54) is 11.1 Å². The summed E-state index contributed by atoms with van der Waals surface area (Å²) in [5, 5.41) is 0. The molecule has 23 heavy (non-hydrogen) atoms. The fourth-order valence-corrected chi connectivity index (χ4v) is 2.79. The van der Waals surface area contributed by atoms with Gasteiger partial charge >= 0.3 is 0 Å². The zero-order valence-corrected chi connectivity index (χ0v) is 12.7. The van der Waals surface area contributed by atoms with Gasteiger partial charge in [-0.05, 0) is 53.6 Å². The average molecular weight is 299 g/mol. The number of hydrogen-bond acceptors (Lipinski definition) is 1. The molecule has 4 rings (SSSR count). The highest BCUT2D eigenvalue weighted by molar-refractivity contribution is 5.60. The summed E-state index contributed by atoms with van der Waals surface area (Å²) in [7, 11) is 0. The number of hydrogen-bond donors (Lipinski definition) is 2. The second-order valence-electron chi connectivity index (χ2n) is 5.56. The van der Waals surface area contributed by atoms with E-state index in [2.05, 4.69) is 52.4 Å². The van der Waals surface area contributed by atoms with E-state index in [0.29, 0.717) is 0 Å². The molecule has 0 fully saturated rings. The second kappa shape index (κ2) is 5.97. The maximum Gasteiger partial charge on any atom is 0.0867 e. The lowest BCUT2D eigenvalue weighted by molar-refractivity contribution is 1.07. The lowest BCUT2D eigenvalue weighted by atomic mass is 10.0. The van der Waals surface area contributed by atoms with Crippen molar-refractivity contribution >= 4 is 0 Å². The molecule has 0 amide bonds. The van der Waals surface area contributed by atoms with Crippen LogP contribution < -0.4 is 0 Å². The van der Waals surface area contributed by atoms with E-state index in [-0.39, 0.29) is 0 Å². The van der Waals surface area contributed by atoms with Crippen LogP contribution in [-0.2, 0) is 6.42 Å². The van der Waals surface area contributed by atoms with Gasteiger partial charge in [-0.25, -0.2) is 0 Å². The summed E-state index contributed by atoms with van der Waals surface area (Å²) in [5.74, 6) is 0. The molecule has 0 radical (unpaired) electrons. The van der Waals surface area contributed by atoms with Gasteiger partial charge in [0.1, 0.15) is 0 Å². The van der Waals surface area contributed by atoms with Gasteiger partial charge in [0.15, 0.2) is 0 Å². The Bertz CT molecular complexity index is 815. The molecule has 0 atom stereocenters. The summed E-state index contributed by atoms with van der Waals surface area (Å²) in [6.07, 6.45) is 4.69. The van der Waals surface area contributed by atoms with Gasteiger partial charge < -0.3 is 9.97 Å². The van der Waals surface area contributed by atoms with Crippen LogP contribution in [0.2, 0.25) is 0 Å². The monoisotopic (exact) mass is 299 g/mol. The van der Waals surface area contributed by atoms with Crippen molar-refractivity contribution in [3.63, 3.8) is 0 Å². The number of benzene rings is 1. The highest BCUT2D eigenvalue weighted by atomic mass is 14.8. The van der Waals surface area contributed by atoms with Crippen LogP contribution in [0.4, 0.5) is 0 Å². The first-order chi connectivity index (χ1) is 11.4. The first-order valence-electron chi connectivity index (χ1n) is 7.71. The minimum atomic E-state index is 0.823. The predicted octanol–water partition coefficient (Wildman–Crippen LogP) is 4.66. The van der Waals surface area contributed by atoms with E-state index in [1.807, 2.05) is 36.7 Å². The van der Waals surface area contributed by atoms with Crippen LogP contribution in [0.3, 0.4) is 0 Å². The topological polar surface area (TPSA) is 44.5 Å². The van der Waals surface area contributed by atoms with Crippen LogP contribution in [0.1, 0.15) is 11.3 Å². The zero-order chi connectivity index (χ0) is 15.5. The summed E-state index contributed by atoms with van der Waals surface area (Å²) in [4.78, 5) is 11.2. The van der Waals surface area contributed by atoms with Crippen molar-refractivity contribution in [2.24, 2.45) is 0 Å². The Balaban J connectivity index is 1.61. The molecule has 0 bridgehead atoms. The van der Waals surface area contributed by atoms with Crippen molar-refractivity contribution in [3.05, 3.63) is 90.4 Å². The SMILES string of the molecule is c1cc(Cc2cccc(-c3ccc[nH]3)n2)cc(-c2ccc[nH]2)c1. The van der Waals surface area contributed by atoms with E-state index >= 15 is 0 Å².